The van der Waals surface area contributed by atoms with Gasteiger partial charge in [0, 0.05) is 13.1 Å². The van der Waals surface area contributed by atoms with Gasteiger partial charge in [-0.2, -0.15) is 5.26 Å². The molecule has 0 bridgehead atoms. The van der Waals surface area contributed by atoms with E-state index in [2.05, 4.69) is 11.4 Å². The van der Waals surface area contributed by atoms with Crippen molar-refractivity contribution in [1.82, 2.24) is 10.2 Å². The zero-order chi connectivity index (χ0) is 18.8. The fourth-order valence-corrected chi connectivity index (χ4v) is 2.95. The highest BCUT2D eigenvalue weighted by Crippen LogP contribution is 2.18. The molecule has 7 heteroatoms. The van der Waals surface area contributed by atoms with Crippen molar-refractivity contribution in [3.05, 3.63) is 35.9 Å². The van der Waals surface area contributed by atoms with Crippen LogP contribution in [0.25, 0.3) is 0 Å². The molecular weight excluding hydrogens is 332 g/mol. The molecule has 2 amide bonds. The maximum absolute atomic E-state index is 12.3. The predicted octanol–water partition coefficient (Wildman–Crippen LogP) is 1.92. The van der Waals surface area contributed by atoms with Gasteiger partial charge in [-0.3, -0.25) is 4.79 Å². The largest absolute Gasteiger partial charge is 0.445 e. The quantitative estimate of drug-likeness (QED) is 0.690. The van der Waals surface area contributed by atoms with E-state index in [0.717, 1.165) is 24.8 Å². The van der Waals surface area contributed by atoms with Gasteiger partial charge in [-0.1, -0.05) is 30.3 Å². The van der Waals surface area contributed by atoms with Crippen molar-refractivity contribution >= 4 is 12.0 Å². The minimum Gasteiger partial charge on any atom is -0.445 e. The van der Waals surface area contributed by atoms with Gasteiger partial charge in [-0.05, 0) is 37.7 Å². The van der Waals surface area contributed by atoms with E-state index in [0.29, 0.717) is 25.9 Å². The van der Waals surface area contributed by atoms with E-state index in [-0.39, 0.29) is 18.6 Å². The fourth-order valence-electron chi connectivity index (χ4n) is 2.95. The lowest BCUT2D eigenvalue weighted by Crippen LogP contribution is -2.45. The average Bonchev–Trinajstić information content (AvgIpc) is 3.15. The summed E-state index contributed by atoms with van der Waals surface area (Å²) in [7, 11) is 0. The molecule has 1 heterocycles. The van der Waals surface area contributed by atoms with Crippen molar-refractivity contribution < 1.29 is 14.3 Å². The molecular formula is C19H26N4O3. The fraction of sp³-hybridized carbons (Fsp3) is 0.526. The van der Waals surface area contributed by atoms with Crippen LogP contribution in [0.4, 0.5) is 4.79 Å². The summed E-state index contributed by atoms with van der Waals surface area (Å²) >= 11 is 0. The number of nitrogens with one attached hydrogen (secondary N) is 1. The standard InChI is InChI=1S/C19H26N4O3/c20-13-16-9-6-12-23(16)18(24)17(21)10-4-5-11-22-19(25)26-14-15-7-2-1-3-8-15/h1-3,7-8,16-17H,4-6,9-12,14,21H2,(H,22,25)/t16-,17-/m0/s1. The lowest BCUT2D eigenvalue weighted by molar-refractivity contribution is -0.132. The molecule has 0 saturated carbocycles. The average molecular weight is 358 g/mol. The van der Waals surface area contributed by atoms with Crippen molar-refractivity contribution in [2.45, 2.75) is 50.8 Å². The number of carbonyl (C=O) groups excluding carboxylic acids is 2. The van der Waals surface area contributed by atoms with Crippen LogP contribution in [0, 0.1) is 11.3 Å². The second kappa shape index (κ2) is 10.4. The Labute approximate surface area is 154 Å². The van der Waals surface area contributed by atoms with E-state index in [1.807, 2.05) is 30.3 Å². The molecule has 26 heavy (non-hydrogen) atoms. The number of nitriles is 1. The number of alkyl carbamates (subject to hydrolysis) is 1. The summed E-state index contributed by atoms with van der Waals surface area (Å²) in [5.41, 5.74) is 6.89. The molecule has 0 radical (unpaired) electrons. The normalized spacial score (nSPS) is 17.4. The number of nitrogens with zero attached hydrogens (tertiary/aromatic N) is 2. The van der Waals surface area contributed by atoms with Gasteiger partial charge in [0.15, 0.2) is 0 Å². The first-order valence-corrected chi connectivity index (χ1v) is 9.02. The molecule has 1 aromatic rings. The maximum Gasteiger partial charge on any atom is 0.407 e. The molecule has 2 rings (SSSR count). The minimum atomic E-state index is -0.589. The predicted molar refractivity (Wildman–Crippen MR) is 96.8 cm³/mol. The smallest absolute Gasteiger partial charge is 0.407 e. The first-order chi connectivity index (χ1) is 12.6. The number of amides is 2. The molecule has 1 saturated heterocycles. The van der Waals surface area contributed by atoms with Crippen molar-refractivity contribution in [3.63, 3.8) is 0 Å². The molecule has 1 fully saturated rings. The molecule has 2 atom stereocenters. The molecule has 140 valence electrons. The Kier molecular flexibility index (Phi) is 7.90. The molecule has 0 aromatic heterocycles. The Balaban J connectivity index is 1.56. The summed E-state index contributed by atoms with van der Waals surface area (Å²) in [5, 5.41) is 11.7. The van der Waals surface area contributed by atoms with Gasteiger partial charge in [0.05, 0.1) is 12.1 Å². The van der Waals surface area contributed by atoms with Crippen LogP contribution in [0.15, 0.2) is 30.3 Å². The Morgan fingerprint density at radius 1 is 1.35 bits per heavy atom. The Morgan fingerprint density at radius 2 is 2.12 bits per heavy atom. The van der Waals surface area contributed by atoms with Crippen LogP contribution in [0.5, 0.6) is 0 Å². The van der Waals surface area contributed by atoms with E-state index in [9.17, 15) is 9.59 Å². The summed E-state index contributed by atoms with van der Waals surface area (Å²) in [5.74, 6) is -0.149. The summed E-state index contributed by atoms with van der Waals surface area (Å²) in [6, 6.07) is 10.7. The summed E-state index contributed by atoms with van der Waals surface area (Å²) < 4.78 is 5.12. The Morgan fingerprint density at radius 3 is 2.85 bits per heavy atom. The first-order valence-electron chi connectivity index (χ1n) is 9.02. The number of benzene rings is 1. The van der Waals surface area contributed by atoms with Crippen molar-refractivity contribution in [2.75, 3.05) is 13.1 Å². The van der Waals surface area contributed by atoms with Gasteiger partial charge < -0.3 is 20.7 Å². The molecule has 1 aliphatic heterocycles. The van der Waals surface area contributed by atoms with Gasteiger partial charge in [-0.25, -0.2) is 4.79 Å². The van der Waals surface area contributed by atoms with Crippen LogP contribution in [-0.4, -0.2) is 42.1 Å². The molecule has 1 aliphatic rings. The number of hydrogen-bond acceptors (Lipinski definition) is 5. The highest BCUT2D eigenvalue weighted by Gasteiger charge is 2.31. The number of unbranched alkanes of at least 4 members (excludes halogenated alkanes) is 1. The van der Waals surface area contributed by atoms with Gasteiger partial charge in [0.1, 0.15) is 12.6 Å². The second-order valence-electron chi connectivity index (χ2n) is 6.41. The third-order valence-electron chi connectivity index (χ3n) is 4.43. The van der Waals surface area contributed by atoms with Crippen molar-refractivity contribution in [2.24, 2.45) is 5.73 Å². The summed E-state index contributed by atoms with van der Waals surface area (Å²) in [6.45, 7) is 1.32. The van der Waals surface area contributed by atoms with Gasteiger partial charge in [-0.15, -0.1) is 0 Å². The number of rotatable bonds is 8. The maximum atomic E-state index is 12.3. The van der Waals surface area contributed by atoms with Crippen LogP contribution < -0.4 is 11.1 Å². The van der Waals surface area contributed by atoms with E-state index >= 15 is 0 Å². The minimum absolute atomic E-state index is 0.149. The van der Waals surface area contributed by atoms with E-state index < -0.39 is 12.1 Å². The Bertz CT molecular complexity index is 629. The molecule has 1 aromatic carbocycles. The van der Waals surface area contributed by atoms with Crippen molar-refractivity contribution in [3.8, 4) is 6.07 Å². The number of nitrogens with two attached hydrogens (primary N) is 1. The monoisotopic (exact) mass is 358 g/mol. The molecule has 3 N–H and O–H groups in total. The molecule has 0 unspecified atom stereocenters. The number of likely N-dealkylation sites (tertiary alicyclic amines) is 1. The number of ether oxygens (including phenoxy) is 1. The number of carbonyl (C=O) groups is 2. The lowest BCUT2D eigenvalue weighted by atomic mass is 10.1. The van der Waals surface area contributed by atoms with Gasteiger partial charge in [0.25, 0.3) is 0 Å². The zero-order valence-corrected chi connectivity index (χ0v) is 14.9. The van der Waals surface area contributed by atoms with Crippen LogP contribution in [-0.2, 0) is 16.1 Å². The summed E-state index contributed by atoms with van der Waals surface area (Å²) in [4.78, 5) is 25.5. The van der Waals surface area contributed by atoms with Gasteiger partial charge >= 0.3 is 6.09 Å². The molecule has 7 nitrogen and oxygen atoms in total. The molecule has 0 aliphatic carbocycles. The molecule has 0 spiro atoms. The van der Waals surface area contributed by atoms with E-state index in [4.69, 9.17) is 15.7 Å². The third-order valence-corrected chi connectivity index (χ3v) is 4.43. The summed E-state index contributed by atoms with van der Waals surface area (Å²) in [6.07, 6.45) is 3.09. The first kappa shape index (κ1) is 19.7. The Hall–Kier alpha value is -2.59. The van der Waals surface area contributed by atoms with Crippen molar-refractivity contribution in [1.29, 1.82) is 5.26 Å². The van der Waals surface area contributed by atoms with E-state index in [1.54, 1.807) is 4.90 Å². The lowest BCUT2D eigenvalue weighted by Gasteiger charge is -2.23. The SMILES string of the molecule is N#C[C@@H]1CCCN1C(=O)[C@@H](N)CCCCNC(=O)OCc1ccccc1. The van der Waals surface area contributed by atoms with Crippen LogP contribution in [0.1, 0.15) is 37.7 Å². The number of hydrogen-bond donors (Lipinski definition) is 2. The van der Waals surface area contributed by atoms with Gasteiger partial charge in [0.2, 0.25) is 5.91 Å². The van der Waals surface area contributed by atoms with E-state index in [1.165, 1.54) is 0 Å². The van der Waals surface area contributed by atoms with Crippen LogP contribution in [0.2, 0.25) is 0 Å². The third kappa shape index (κ3) is 6.05. The van der Waals surface area contributed by atoms with Crippen LogP contribution in [0.3, 0.4) is 0 Å². The van der Waals surface area contributed by atoms with Crippen LogP contribution >= 0.6 is 0 Å². The highest BCUT2D eigenvalue weighted by atomic mass is 16.5. The highest BCUT2D eigenvalue weighted by molar-refractivity contribution is 5.82. The zero-order valence-electron chi connectivity index (χ0n) is 14.9. The topological polar surface area (TPSA) is 108 Å². The second-order valence-corrected chi connectivity index (χ2v) is 6.41.